The Morgan fingerprint density at radius 3 is 2.67 bits per heavy atom. The molecule has 6 rings (SSSR count). The minimum Gasteiger partial charge on any atom is -0.321 e. The Morgan fingerprint density at radius 1 is 1.12 bits per heavy atom. The van der Waals surface area contributed by atoms with E-state index in [4.69, 9.17) is 0 Å². The zero-order valence-electron chi connectivity index (χ0n) is 13.4. The number of fused-ring (bicyclic) bond motifs is 1. The van der Waals surface area contributed by atoms with Crippen LogP contribution in [0.15, 0.2) is 16.8 Å². The molecule has 7 heteroatoms. The Hall–Kier alpha value is -1.47. The number of hydrogen-bond donors (Lipinski definition) is 1. The molecule has 2 saturated carbocycles. The molecule has 2 aromatic rings. The van der Waals surface area contributed by atoms with Gasteiger partial charge in [-0.15, -0.1) is 10.2 Å². The van der Waals surface area contributed by atoms with E-state index >= 15 is 0 Å². The summed E-state index contributed by atoms with van der Waals surface area (Å²) in [5, 5.41) is 16.9. The third kappa shape index (κ3) is 2.63. The summed E-state index contributed by atoms with van der Waals surface area (Å²) in [6.45, 7) is 0.916. The van der Waals surface area contributed by atoms with E-state index < -0.39 is 0 Å². The molecule has 1 N–H and O–H groups in total. The molecule has 4 bridgehead atoms. The molecule has 4 fully saturated rings. The molecular formula is C17H20N4OS2. The summed E-state index contributed by atoms with van der Waals surface area (Å²) in [4.78, 5) is 14.9. The predicted molar refractivity (Wildman–Crippen MR) is 96.3 cm³/mol. The van der Waals surface area contributed by atoms with Crippen molar-refractivity contribution >= 4 is 33.8 Å². The molecule has 0 spiro atoms. The molecule has 2 unspecified atom stereocenters. The summed E-state index contributed by atoms with van der Waals surface area (Å²) in [7, 11) is 0. The number of carbonyl (C=O) groups excluding carboxylic acids is 1. The fourth-order valence-corrected chi connectivity index (χ4v) is 6.42. The molecule has 4 aliphatic rings. The van der Waals surface area contributed by atoms with Gasteiger partial charge in [0.15, 0.2) is 0 Å². The quantitative estimate of drug-likeness (QED) is 0.868. The van der Waals surface area contributed by atoms with Crippen LogP contribution in [0, 0.1) is 17.8 Å². The van der Waals surface area contributed by atoms with Gasteiger partial charge < -0.3 is 4.90 Å². The Bertz CT molecular complexity index is 730. The van der Waals surface area contributed by atoms with Crippen LogP contribution in [0.2, 0.25) is 0 Å². The SMILES string of the molecule is O=C(Nc1nnc(-c2ccsc2)s1)N1CC2CC3CC(C2)CC1C3. The number of hydrogen-bond acceptors (Lipinski definition) is 5. The van der Waals surface area contributed by atoms with Gasteiger partial charge in [-0.1, -0.05) is 11.3 Å². The molecule has 24 heavy (non-hydrogen) atoms. The smallest absolute Gasteiger partial charge is 0.321 e. The predicted octanol–water partition coefficient (Wildman–Crippen LogP) is 4.31. The van der Waals surface area contributed by atoms with Crippen LogP contribution in [0.1, 0.15) is 32.1 Å². The molecule has 2 aliphatic carbocycles. The van der Waals surface area contributed by atoms with E-state index in [0.29, 0.717) is 17.1 Å². The molecule has 2 aliphatic heterocycles. The Morgan fingerprint density at radius 2 is 1.92 bits per heavy atom. The number of aromatic nitrogens is 2. The third-order valence-electron chi connectivity index (χ3n) is 5.77. The van der Waals surface area contributed by atoms with Crippen molar-refractivity contribution in [2.45, 2.75) is 38.1 Å². The maximum absolute atomic E-state index is 12.8. The summed E-state index contributed by atoms with van der Waals surface area (Å²) in [5.74, 6) is 2.39. The first kappa shape index (κ1) is 14.8. The minimum absolute atomic E-state index is 0.0150. The van der Waals surface area contributed by atoms with Crippen molar-refractivity contribution in [3.05, 3.63) is 16.8 Å². The summed E-state index contributed by atoms with van der Waals surface area (Å²) in [6.07, 6.45) is 6.41. The average molecular weight is 361 g/mol. The first-order valence-electron chi connectivity index (χ1n) is 8.68. The van der Waals surface area contributed by atoms with E-state index in [1.165, 1.54) is 43.4 Å². The third-order valence-corrected chi connectivity index (χ3v) is 7.35. The highest BCUT2D eigenvalue weighted by atomic mass is 32.1. The summed E-state index contributed by atoms with van der Waals surface area (Å²) >= 11 is 3.09. The monoisotopic (exact) mass is 360 g/mol. The van der Waals surface area contributed by atoms with Crippen LogP contribution in [-0.2, 0) is 0 Å². The second-order valence-electron chi connectivity index (χ2n) is 7.44. The summed E-state index contributed by atoms with van der Waals surface area (Å²) in [6, 6.07) is 2.47. The molecule has 2 amide bonds. The first-order chi connectivity index (χ1) is 11.7. The Labute approximate surface area is 149 Å². The molecular weight excluding hydrogens is 340 g/mol. The van der Waals surface area contributed by atoms with Crippen molar-refractivity contribution in [2.75, 3.05) is 11.9 Å². The van der Waals surface area contributed by atoms with E-state index in [1.54, 1.807) is 11.3 Å². The van der Waals surface area contributed by atoms with Gasteiger partial charge in [-0.3, -0.25) is 5.32 Å². The van der Waals surface area contributed by atoms with Crippen molar-refractivity contribution in [2.24, 2.45) is 17.8 Å². The van der Waals surface area contributed by atoms with Crippen LogP contribution in [-0.4, -0.2) is 33.7 Å². The van der Waals surface area contributed by atoms with Crippen molar-refractivity contribution in [1.82, 2.24) is 15.1 Å². The molecule has 5 nitrogen and oxygen atoms in total. The highest BCUT2D eigenvalue weighted by Gasteiger charge is 2.44. The maximum atomic E-state index is 12.8. The number of nitrogens with zero attached hydrogens (tertiary/aromatic N) is 3. The minimum atomic E-state index is 0.0150. The van der Waals surface area contributed by atoms with Crippen LogP contribution in [0.5, 0.6) is 0 Å². The zero-order valence-corrected chi connectivity index (χ0v) is 15.0. The molecule has 4 heterocycles. The first-order valence-corrected chi connectivity index (χ1v) is 10.4. The number of rotatable bonds is 2. The highest BCUT2D eigenvalue weighted by Crippen LogP contribution is 2.47. The van der Waals surface area contributed by atoms with Crippen molar-refractivity contribution < 1.29 is 4.79 Å². The van der Waals surface area contributed by atoms with Gasteiger partial charge in [-0.2, -0.15) is 11.3 Å². The fourth-order valence-electron chi connectivity index (χ4n) is 4.97. The van der Waals surface area contributed by atoms with Crippen molar-refractivity contribution in [3.8, 4) is 10.6 Å². The largest absolute Gasteiger partial charge is 0.323 e. The van der Waals surface area contributed by atoms with Gasteiger partial charge >= 0.3 is 6.03 Å². The van der Waals surface area contributed by atoms with Crippen LogP contribution >= 0.6 is 22.7 Å². The van der Waals surface area contributed by atoms with Gasteiger partial charge in [0.05, 0.1) is 0 Å². The lowest BCUT2D eigenvalue weighted by Crippen LogP contribution is -2.44. The van der Waals surface area contributed by atoms with Crippen LogP contribution in [0.4, 0.5) is 9.93 Å². The lowest BCUT2D eigenvalue weighted by molar-refractivity contribution is 0.136. The number of amides is 2. The van der Waals surface area contributed by atoms with Gasteiger partial charge in [0.1, 0.15) is 5.01 Å². The normalized spacial score (nSPS) is 31.2. The van der Waals surface area contributed by atoms with Crippen LogP contribution in [0.3, 0.4) is 0 Å². The van der Waals surface area contributed by atoms with E-state index in [2.05, 4.69) is 25.8 Å². The Balaban J connectivity index is 1.32. The standard InChI is InChI=1S/C17H20N4OS2/c22-17(18-16-20-19-15(24-16)13-1-2-23-9-13)21-8-12-4-10-3-11(5-12)7-14(21)6-10/h1-2,9-12,14H,3-8H2,(H,18,20,22). The van der Waals surface area contributed by atoms with E-state index in [-0.39, 0.29) is 6.03 Å². The van der Waals surface area contributed by atoms with Crippen LogP contribution < -0.4 is 5.32 Å². The van der Waals surface area contributed by atoms with Gasteiger partial charge in [0, 0.05) is 23.5 Å². The average Bonchev–Trinajstić information content (AvgIpc) is 3.19. The van der Waals surface area contributed by atoms with Crippen LogP contribution in [0.25, 0.3) is 10.6 Å². The van der Waals surface area contributed by atoms with Gasteiger partial charge in [0.2, 0.25) is 5.13 Å². The lowest BCUT2D eigenvalue weighted by atomic mass is 9.68. The molecule has 126 valence electrons. The Kier molecular flexibility index (Phi) is 3.59. The highest BCUT2D eigenvalue weighted by molar-refractivity contribution is 7.19. The molecule has 2 saturated heterocycles. The lowest BCUT2D eigenvalue weighted by Gasteiger charge is -2.38. The van der Waals surface area contributed by atoms with Gasteiger partial charge in [0.25, 0.3) is 0 Å². The zero-order chi connectivity index (χ0) is 16.1. The molecule has 0 aromatic carbocycles. The maximum Gasteiger partial charge on any atom is 0.323 e. The van der Waals surface area contributed by atoms with Crippen molar-refractivity contribution in [1.29, 1.82) is 0 Å². The molecule has 2 atom stereocenters. The summed E-state index contributed by atoms with van der Waals surface area (Å²) < 4.78 is 0. The van der Waals surface area contributed by atoms with Crippen molar-refractivity contribution in [3.63, 3.8) is 0 Å². The summed E-state index contributed by atoms with van der Waals surface area (Å²) in [5.41, 5.74) is 1.07. The van der Waals surface area contributed by atoms with E-state index in [1.807, 2.05) is 11.4 Å². The van der Waals surface area contributed by atoms with E-state index in [0.717, 1.165) is 29.0 Å². The fraction of sp³-hybridized carbons (Fsp3) is 0.588. The number of thiophene rings is 1. The number of nitrogens with one attached hydrogen (secondary N) is 1. The van der Waals surface area contributed by atoms with Gasteiger partial charge in [-0.25, -0.2) is 4.79 Å². The second kappa shape index (κ2) is 5.81. The molecule has 0 radical (unpaired) electrons. The number of carbonyl (C=O) groups is 1. The molecule has 2 aromatic heterocycles. The van der Waals surface area contributed by atoms with E-state index in [9.17, 15) is 4.79 Å². The second-order valence-corrected chi connectivity index (χ2v) is 9.19. The number of anilines is 1. The van der Waals surface area contributed by atoms with Gasteiger partial charge in [-0.05, 0) is 61.3 Å². The topological polar surface area (TPSA) is 58.1 Å². The number of urea groups is 1.